The minimum atomic E-state index is 0.161. The highest BCUT2D eigenvalue weighted by Crippen LogP contribution is 2.26. The van der Waals surface area contributed by atoms with E-state index in [1.54, 1.807) is 0 Å². The van der Waals surface area contributed by atoms with Crippen LogP contribution in [0.4, 0.5) is 0 Å². The molecule has 0 unspecified atom stereocenters. The normalized spacial score (nSPS) is 11.8. The van der Waals surface area contributed by atoms with Crippen LogP contribution in [0.1, 0.15) is 46.1 Å². The van der Waals surface area contributed by atoms with Crippen molar-refractivity contribution < 1.29 is 0 Å². The van der Waals surface area contributed by atoms with E-state index in [9.17, 15) is 0 Å². The summed E-state index contributed by atoms with van der Waals surface area (Å²) in [6.07, 6.45) is 2.55. The second kappa shape index (κ2) is 7.56. The van der Waals surface area contributed by atoms with Gasteiger partial charge in [0.25, 0.3) is 0 Å². The molecule has 0 amide bonds. The fraction of sp³-hybridized carbons (Fsp3) is 0.600. The Morgan fingerprint density at radius 2 is 2.00 bits per heavy atom. The molecule has 0 bridgehead atoms. The van der Waals surface area contributed by atoms with Crippen LogP contribution in [0.5, 0.6) is 0 Å². The number of halogens is 1. The quantitative estimate of drug-likeness (QED) is 0.566. The molecule has 0 fully saturated rings. The fourth-order valence-corrected chi connectivity index (χ4v) is 3.16. The first-order valence-electron chi connectivity index (χ1n) is 6.58. The summed E-state index contributed by atoms with van der Waals surface area (Å²) in [6.45, 7) is 9.71. The predicted octanol–water partition coefficient (Wildman–Crippen LogP) is 5.23. The number of thioether (sulfide) groups is 1. The van der Waals surface area contributed by atoms with E-state index in [-0.39, 0.29) is 5.54 Å². The summed E-state index contributed by atoms with van der Waals surface area (Å²) in [5.74, 6) is 1.21. The number of nitrogens with one attached hydrogen (secondary N) is 1. The summed E-state index contributed by atoms with van der Waals surface area (Å²) in [5.41, 5.74) is 1.48. The van der Waals surface area contributed by atoms with E-state index in [0.29, 0.717) is 0 Å². The van der Waals surface area contributed by atoms with E-state index in [4.69, 9.17) is 0 Å². The Morgan fingerprint density at radius 3 is 2.56 bits per heavy atom. The van der Waals surface area contributed by atoms with Gasteiger partial charge in [-0.3, -0.25) is 0 Å². The van der Waals surface area contributed by atoms with Gasteiger partial charge in [0.2, 0.25) is 0 Å². The van der Waals surface area contributed by atoms with Crippen LogP contribution in [0, 0.1) is 0 Å². The van der Waals surface area contributed by atoms with Crippen LogP contribution in [-0.4, -0.2) is 11.3 Å². The molecule has 0 atom stereocenters. The molecule has 0 aliphatic carbocycles. The number of hydrogen-bond donors (Lipinski definition) is 1. The molecular formula is C15H24BrNS. The third-order valence-corrected chi connectivity index (χ3v) is 4.42. The standard InChI is InChI=1S/C15H24BrNS/c1-5-6-9-18-13-8-7-12(14(16)10-13)11-17-15(2,3)4/h7-8,10,17H,5-6,9,11H2,1-4H3. The molecule has 0 saturated heterocycles. The van der Waals surface area contributed by atoms with Crippen molar-refractivity contribution in [1.82, 2.24) is 5.32 Å². The van der Waals surface area contributed by atoms with Crippen LogP contribution in [0.15, 0.2) is 27.6 Å². The average Bonchev–Trinajstić information content (AvgIpc) is 2.27. The van der Waals surface area contributed by atoms with Crippen molar-refractivity contribution in [1.29, 1.82) is 0 Å². The topological polar surface area (TPSA) is 12.0 Å². The average molecular weight is 330 g/mol. The van der Waals surface area contributed by atoms with Gasteiger partial charge in [-0.05, 0) is 50.6 Å². The largest absolute Gasteiger partial charge is 0.308 e. The molecule has 1 nitrogen and oxygen atoms in total. The zero-order valence-electron chi connectivity index (χ0n) is 11.8. The van der Waals surface area contributed by atoms with Crippen LogP contribution in [-0.2, 0) is 6.54 Å². The molecule has 0 aromatic heterocycles. The Morgan fingerprint density at radius 1 is 1.28 bits per heavy atom. The fourth-order valence-electron chi connectivity index (χ4n) is 1.46. The lowest BCUT2D eigenvalue weighted by Crippen LogP contribution is -2.35. The Kier molecular flexibility index (Phi) is 6.75. The maximum Gasteiger partial charge on any atom is 0.0231 e. The second-order valence-corrected chi connectivity index (χ2v) is 7.58. The van der Waals surface area contributed by atoms with Gasteiger partial charge >= 0.3 is 0 Å². The zero-order valence-corrected chi connectivity index (χ0v) is 14.2. The molecule has 18 heavy (non-hydrogen) atoms. The molecule has 1 rings (SSSR count). The molecule has 0 aliphatic heterocycles. The van der Waals surface area contributed by atoms with E-state index in [0.717, 1.165) is 6.54 Å². The van der Waals surface area contributed by atoms with Crippen molar-refractivity contribution >= 4 is 27.7 Å². The number of unbranched alkanes of at least 4 members (excludes halogenated alkanes) is 1. The van der Waals surface area contributed by atoms with Crippen LogP contribution in [0.2, 0.25) is 0 Å². The van der Waals surface area contributed by atoms with Gasteiger partial charge in [-0.1, -0.05) is 35.3 Å². The van der Waals surface area contributed by atoms with E-state index in [1.807, 2.05) is 11.8 Å². The first-order valence-corrected chi connectivity index (χ1v) is 8.36. The summed E-state index contributed by atoms with van der Waals surface area (Å²) in [4.78, 5) is 1.36. The van der Waals surface area contributed by atoms with Crippen molar-refractivity contribution in [2.75, 3.05) is 5.75 Å². The number of rotatable bonds is 6. The molecular weight excluding hydrogens is 306 g/mol. The molecule has 0 saturated carbocycles. The van der Waals surface area contributed by atoms with Gasteiger partial charge in [-0.25, -0.2) is 0 Å². The highest BCUT2D eigenvalue weighted by atomic mass is 79.9. The van der Waals surface area contributed by atoms with Gasteiger partial charge in [0, 0.05) is 21.5 Å². The summed E-state index contributed by atoms with van der Waals surface area (Å²) in [5, 5.41) is 3.51. The SMILES string of the molecule is CCCCSc1ccc(CNC(C)(C)C)c(Br)c1. The van der Waals surface area contributed by atoms with Crippen molar-refractivity contribution in [2.45, 2.75) is 57.5 Å². The van der Waals surface area contributed by atoms with Crippen LogP contribution in [0.3, 0.4) is 0 Å². The molecule has 102 valence electrons. The predicted molar refractivity (Wildman–Crippen MR) is 86.4 cm³/mol. The van der Waals surface area contributed by atoms with Gasteiger partial charge in [-0.15, -0.1) is 11.8 Å². The maximum atomic E-state index is 3.67. The highest BCUT2D eigenvalue weighted by molar-refractivity contribution is 9.10. The lowest BCUT2D eigenvalue weighted by atomic mass is 10.1. The monoisotopic (exact) mass is 329 g/mol. The summed E-state index contributed by atoms with van der Waals surface area (Å²) < 4.78 is 1.21. The van der Waals surface area contributed by atoms with Crippen LogP contribution in [0.25, 0.3) is 0 Å². The molecule has 1 N–H and O–H groups in total. The van der Waals surface area contributed by atoms with Crippen molar-refractivity contribution in [2.24, 2.45) is 0 Å². The summed E-state index contributed by atoms with van der Waals surface area (Å²) in [6, 6.07) is 6.68. The second-order valence-electron chi connectivity index (χ2n) is 5.56. The Bertz CT molecular complexity index is 371. The molecule has 0 aliphatic rings. The van der Waals surface area contributed by atoms with Gasteiger partial charge in [0.1, 0.15) is 0 Å². The minimum absolute atomic E-state index is 0.161. The van der Waals surface area contributed by atoms with Crippen LogP contribution >= 0.6 is 27.7 Å². The maximum absolute atomic E-state index is 3.67. The Labute approximate surface area is 124 Å². The molecule has 1 aromatic rings. The van der Waals surface area contributed by atoms with Gasteiger partial charge in [0.15, 0.2) is 0 Å². The van der Waals surface area contributed by atoms with E-state index in [2.05, 4.69) is 67.1 Å². The van der Waals surface area contributed by atoms with E-state index in [1.165, 1.54) is 33.5 Å². The third kappa shape index (κ3) is 6.26. The molecule has 0 radical (unpaired) electrons. The van der Waals surface area contributed by atoms with Gasteiger partial charge in [0.05, 0.1) is 0 Å². The smallest absolute Gasteiger partial charge is 0.0231 e. The summed E-state index contributed by atoms with van der Waals surface area (Å²) >= 11 is 5.61. The first kappa shape index (κ1) is 16.1. The molecule has 1 aromatic carbocycles. The molecule has 3 heteroatoms. The lowest BCUT2D eigenvalue weighted by molar-refractivity contribution is 0.424. The lowest BCUT2D eigenvalue weighted by Gasteiger charge is -2.21. The number of hydrogen-bond acceptors (Lipinski definition) is 2. The third-order valence-electron chi connectivity index (χ3n) is 2.60. The zero-order chi connectivity index (χ0) is 13.6. The van der Waals surface area contributed by atoms with Crippen LogP contribution < -0.4 is 5.32 Å². The first-order chi connectivity index (χ1) is 8.42. The van der Waals surface area contributed by atoms with E-state index >= 15 is 0 Å². The van der Waals surface area contributed by atoms with Crippen molar-refractivity contribution in [3.8, 4) is 0 Å². The molecule has 0 heterocycles. The Balaban J connectivity index is 2.56. The summed E-state index contributed by atoms with van der Waals surface area (Å²) in [7, 11) is 0. The van der Waals surface area contributed by atoms with Gasteiger partial charge in [-0.2, -0.15) is 0 Å². The number of benzene rings is 1. The Hall–Kier alpha value is 0.01000. The van der Waals surface area contributed by atoms with E-state index < -0.39 is 0 Å². The highest BCUT2D eigenvalue weighted by Gasteiger charge is 2.10. The molecule has 0 spiro atoms. The van der Waals surface area contributed by atoms with Gasteiger partial charge < -0.3 is 5.32 Å². The van der Waals surface area contributed by atoms with Crippen molar-refractivity contribution in [3.05, 3.63) is 28.2 Å². The van der Waals surface area contributed by atoms with Crippen molar-refractivity contribution in [3.63, 3.8) is 0 Å². The minimum Gasteiger partial charge on any atom is -0.308 e.